The lowest BCUT2D eigenvalue weighted by Gasteiger charge is -2.06. The first-order valence-corrected chi connectivity index (χ1v) is 17.2. The van der Waals surface area contributed by atoms with Gasteiger partial charge in [0.05, 0.1) is 11.0 Å². The van der Waals surface area contributed by atoms with E-state index in [1.807, 2.05) is 0 Å². The summed E-state index contributed by atoms with van der Waals surface area (Å²) >= 11 is 0. The van der Waals surface area contributed by atoms with Crippen molar-refractivity contribution >= 4 is 45.4 Å². The molecule has 246 valence electrons. The maximum absolute atomic E-state index is 2.46. The number of benzene rings is 2. The van der Waals surface area contributed by atoms with Crippen molar-refractivity contribution in [1.82, 2.24) is 9.13 Å². The Morgan fingerprint density at radius 3 is 1.42 bits per heavy atom. The molecule has 48 heavy (non-hydrogen) atoms. The molecule has 0 bridgehead atoms. The average Bonchev–Trinajstić information content (AvgIpc) is 3.83. The molecule has 0 saturated carbocycles. The van der Waals surface area contributed by atoms with Gasteiger partial charge in [0.25, 0.3) is 0 Å². The number of fused-ring (bicyclic) bond motifs is 4. The van der Waals surface area contributed by atoms with Gasteiger partial charge in [0.15, 0.2) is 25.5 Å². The molecule has 6 heterocycles. The molecule has 0 atom stereocenters. The van der Waals surface area contributed by atoms with Crippen LogP contribution in [0.2, 0.25) is 0 Å². The van der Waals surface area contributed by atoms with E-state index in [9.17, 15) is 0 Å². The van der Waals surface area contributed by atoms with Gasteiger partial charge in [-0.05, 0) is 74.9 Å². The first-order chi connectivity index (χ1) is 22.7. The van der Waals surface area contributed by atoms with Gasteiger partial charge in [0.1, 0.15) is 0 Å². The van der Waals surface area contributed by atoms with Crippen LogP contribution in [0.5, 0.6) is 0 Å². The minimum Gasteiger partial charge on any atom is -1.00 e. The highest BCUT2D eigenvalue weighted by Gasteiger charge is 2.25. The lowest BCUT2D eigenvalue weighted by atomic mass is 10.0. The molecule has 0 saturated heterocycles. The number of para-hydroxylation sites is 2. The highest BCUT2D eigenvalue weighted by molar-refractivity contribution is 5.90. The predicted molar refractivity (Wildman–Crippen MR) is 190 cm³/mol. The van der Waals surface area contributed by atoms with Gasteiger partial charge >= 0.3 is 0 Å². The van der Waals surface area contributed by atoms with E-state index in [-0.39, 0.29) is 34.0 Å². The van der Waals surface area contributed by atoms with Crippen LogP contribution in [0.4, 0.5) is 0 Å². The number of hydrogen-bond acceptors (Lipinski definition) is 0. The van der Waals surface area contributed by atoms with E-state index < -0.39 is 0 Å². The molecule has 0 unspecified atom stereocenters. The zero-order valence-corrected chi connectivity index (χ0v) is 31.2. The van der Waals surface area contributed by atoms with Gasteiger partial charge < -0.3 is 43.1 Å². The lowest BCUT2D eigenvalue weighted by Crippen LogP contribution is -3.00. The summed E-state index contributed by atoms with van der Waals surface area (Å²) in [5.74, 6) is 0. The molecule has 0 N–H and O–H groups in total. The summed E-state index contributed by atoms with van der Waals surface area (Å²) in [5.41, 5.74) is 14.0. The fourth-order valence-corrected chi connectivity index (χ4v) is 8.08. The molecule has 0 radical (unpaired) electrons. The third kappa shape index (κ3) is 6.25. The van der Waals surface area contributed by atoms with E-state index in [4.69, 9.17) is 0 Å². The standard InChI is InChI=1S/C42H44N4.2BrH/c1-31-35(37-17-7-9-21-41(37)45(31)29-33-23-27-43-25-13-11-19-39(33)43)15-5-3-4-6-16-36-32(2)46(42-22-10-8-18-38(36)42)30-34-24-28-44-26-14-12-20-40(34)44;;/h7-14,17-22,25-26,29-30H,3-6,15-16,23-24,27-28H2,1-2H3;2*1H/q+2;;/p-2. The van der Waals surface area contributed by atoms with E-state index in [0.29, 0.717) is 0 Å². The third-order valence-electron chi connectivity index (χ3n) is 10.5. The fraction of sp³-hybridized carbons (Fsp3) is 0.286. The van der Waals surface area contributed by atoms with Gasteiger partial charge in [0, 0.05) is 82.8 Å². The molecular formula is C42H44Br2N4. The van der Waals surface area contributed by atoms with E-state index in [2.05, 4.69) is 142 Å². The smallest absolute Gasteiger partial charge is 0.210 e. The van der Waals surface area contributed by atoms with E-state index in [1.165, 1.54) is 92.5 Å². The fourth-order valence-electron chi connectivity index (χ4n) is 8.08. The molecule has 0 spiro atoms. The Bertz CT molecular complexity index is 1990. The average molecular weight is 765 g/mol. The summed E-state index contributed by atoms with van der Waals surface area (Å²) in [6.07, 6.45) is 18.7. The molecule has 0 aliphatic carbocycles. The summed E-state index contributed by atoms with van der Waals surface area (Å²) in [6, 6.07) is 31.1. The monoisotopic (exact) mass is 762 g/mol. The maximum Gasteiger partial charge on any atom is 0.210 e. The van der Waals surface area contributed by atoms with Crippen LogP contribution in [0.1, 0.15) is 72.4 Å². The quantitative estimate of drug-likeness (QED) is 0.160. The number of allylic oxidation sites excluding steroid dienone is 2. The third-order valence-corrected chi connectivity index (χ3v) is 10.5. The van der Waals surface area contributed by atoms with E-state index >= 15 is 0 Å². The van der Waals surface area contributed by atoms with Crippen molar-refractivity contribution in [2.24, 2.45) is 0 Å². The minimum atomic E-state index is 0. The van der Waals surface area contributed by atoms with Crippen LogP contribution in [0.25, 0.3) is 45.4 Å². The maximum atomic E-state index is 2.46. The number of nitrogens with zero attached hydrogens (tertiary/aromatic N) is 4. The summed E-state index contributed by atoms with van der Waals surface area (Å²) in [5, 5.41) is 2.83. The Kier molecular flexibility index (Phi) is 10.5. The topological polar surface area (TPSA) is 17.6 Å². The van der Waals surface area contributed by atoms with Crippen LogP contribution in [0, 0.1) is 13.8 Å². The molecule has 4 aromatic heterocycles. The van der Waals surface area contributed by atoms with Gasteiger partial charge in [-0.1, -0.05) is 49.2 Å². The summed E-state index contributed by atoms with van der Waals surface area (Å²) < 4.78 is 9.66. The Hall–Kier alpha value is -3.74. The second kappa shape index (κ2) is 14.8. The first kappa shape index (κ1) is 34.1. The molecule has 4 nitrogen and oxygen atoms in total. The Labute approximate surface area is 305 Å². The molecule has 0 fully saturated rings. The van der Waals surface area contributed by atoms with Crippen LogP contribution < -0.4 is 43.1 Å². The summed E-state index contributed by atoms with van der Waals surface area (Å²) in [6.45, 7) is 6.77. The number of aromatic nitrogens is 4. The van der Waals surface area contributed by atoms with E-state index in [1.54, 1.807) is 0 Å². The Morgan fingerprint density at radius 2 is 0.958 bits per heavy atom. The van der Waals surface area contributed by atoms with Gasteiger partial charge in [0.2, 0.25) is 11.4 Å². The summed E-state index contributed by atoms with van der Waals surface area (Å²) in [7, 11) is 0. The Balaban J connectivity index is 0.00000201. The number of halogens is 2. The normalized spacial score (nSPS) is 15.2. The van der Waals surface area contributed by atoms with Crippen LogP contribution in [0.15, 0.2) is 97.3 Å². The van der Waals surface area contributed by atoms with Crippen LogP contribution in [0.3, 0.4) is 0 Å². The van der Waals surface area contributed by atoms with Gasteiger partial charge in [-0.3, -0.25) is 0 Å². The SMILES string of the molecule is Cc1c(CCCCCCc2c(C)n(C=C3CC[n+]4ccccc43)c3ccccc23)c2ccccc2n1C=C1CC[n+]2ccccc21.[Br-].[Br-]. The number of pyridine rings is 2. The minimum absolute atomic E-state index is 0. The first-order valence-electron chi connectivity index (χ1n) is 17.2. The van der Waals surface area contributed by atoms with Gasteiger partial charge in [-0.25, -0.2) is 0 Å². The van der Waals surface area contributed by atoms with E-state index in [0.717, 1.165) is 38.8 Å². The second-order valence-electron chi connectivity index (χ2n) is 13.2. The van der Waals surface area contributed by atoms with Crippen molar-refractivity contribution in [3.63, 3.8) is 0 Å². The van der Waals surface area contributed by atoms with Crippen LogP contribution >= 0.6 is 0 Å². The number of unbranched alkanes of at least 4 members (excludes halogenated alkanes) is 3. The van der Waals surface area contributed by atoms with Crippen molar-refractivity contribution in [1.29, 1.82) is 0 Å². The van der Waals surface area contributed by atoms with Crippen molar-refractivity contribution in [2.45, 2.75) is 78.3 Å². The van der Waals surface area contributed by atoms with Crippen LogP contribution in [-0.4, -0.2) is 9.13 Å². The number of hydrogen-bond donors (Lipinski definition) is 0. The van der Waals surface area contributed by atoms with Gasteiger partial charge in [-0.2, -0.15) is 9.13 Å². The predicted octanol–water partition coefficient (Wildman–Crippen LogP) is 2.95. The lowest BCUT2D eigenvalue weighted by molar-refractivity contribution is -0.689. The molecule has 2 aliphatic heterocycles. The van der Waals surface area contributed by atoms with Gasteiger partial charge in [-0.15, -0.1) is 0 Å². The molecule has 6 aromatic rings. The molecule has 8 rings (SSSR count). The van der Waals surface area contributed by atoms with Crippen LogP contribution in [-0.2, 0) is 25.9 Å². The molecular weight excluding hydrogens is 720 g/mol. The summed E-state index contributed by atoms with van der Waals surface area (Å²) in [4.78, 5) is 0. The van der Waals surface area contributed by atoms with Crippen molar-refractivity contribution in [3.05, 3.63) is 131 Å². The second-order valence-corrected chi connectivity index (χ2v) is 13.2. The molecule has 0 amide bonds. The highest BCUT2D eigenvalue weighted by atomic mass is 79.9. The van der Waals surface area contributed by atoms with Crippen molar-refractivity contribution in [3.8, 4) is 0 Å². The van der Waals surface area contributed by atoms with Crippen molar-refractivity contribution < 1.29 is 43.1 Å². The highest BCUT2D eigenvalue weighted by Crippen LogP contribution is 2.33. The Morgan fingerprint density at radius 1 is 0.542 bits per heavy atom. The zero-order chi connectivity index (χ0) is 31.0. The molecule has 2 aromatic carbocycles. The molecule has 6 heteroatoms. The number of rotatable bonds is 9. The van der Waals surface area contributed by atoms with Crippen molar-refractivity contribution in [2.75, 3.05) is 0 Å². The largest absolute Gasteiger partial charge is 1.00 e. The zero-order valence-electron chi connectivity index (χ0n) is 28.0. The number of aryl methyl sites for hydroxylation is 4. The molecule has 2 aliphatic rings.